The van der Waals surface area contributed by atoms with Gasteiger partial charge in [-0.05, 0) is 6.07 Å². The molecular formula is C15H11F3N4O2. The summed E-state index contributed by atoms with van der Waals surface area (Å²) < 4.78 is 40.5. The van der Waals surface area contributed by atoms with Gasteiger partial charge in [0.15, 0.2) is 11.4 Å². The maximum absolute atomic E-state index is 13.5. The van der Waals surface area contributed by atoms with Crippen LogP contribution < -0.4 is 5.32 Å². The highest BCUT2D eigenvalue weighted by Crippen LogP contribution is 2.50. The Hall–Kier alpha value is -2.81. The summed E-state index contributed by atoms with van der Waals surface area (Å²) >= 11 is 0. The molecule has 0 saturated heterocycles. The van der Waals surface area contributed by atoms with E-state index in [0.717, 1.165) is 5.52 Å². The molecule has 4 rings (SSSR count). The summed E-state index contributed by atoms with van der Waals surface area (Å²) in [5, 5.41) is 19.5. The Balaban J connectivity index is 2.00. The standard InChI is InChI=1S/C15H11F3N4O2/c16-15(17,18)14(24)5-10(23)20-13-11(14)12(21-22-13)8-6-19-9-4-2-1-3-7(8)9/h1-4,6,19,24H,5H2,(H2,20,21,22,23). The van der Waals surface area contributed by atoms with Crippen molar-refractivity contribution in [2.24, 2.45) is 0 Å². The molecule has 0 aliphatic carbocycles. The van der Waals surface area contributed by atoms with E-state index in [0.29, 0.717) is 10.9 Å². The van der Waals surface area contributed by atoms with Crippen LogP contribution in [0, 0.1) is 0 Å². The van der Waals surface area contributed by atoms with Gasteiger partial charge in [0, 0.05) is 22.7 Å². The molecule has 1 amide bonds. The van der Waals surface area contributed by atoms with Crippen molar-refractivity contribution in [2.45, 2.75) is 18.2 Å². The van der Waals surface area contributed by atoms with E-state index < -0.39 is 29.7 Å². The van der Waals surface area contributed by atoms with Crippen LogP contribution in [-0.2, 0) is 10.4 Å². The minimum Gasteiger partial charge on any atom is -0.376 e. The molecular weight excluding hydrogens is 325 g/mol. The summed E-state index contributed by atoms with van der Waals surface area (Å²) in [6.07, 6.45) is -4.60. The van der Waals surface area contributed by atoms with Crippen molar-refractivity contribution in [3.63, 3.8) is 0 Å². The van der Waals surface area contributed by atoms with Gasteiger partial charge in [-0.1, -0.05) is 18.2 Å². The Kier molecular flexibility index (Phi) is 2.83. The fraction of sp³-hybridized carbons (Fsp3) is 0.200. The van der Waals surface area contributed by atoms with Crippen LogP contribution in [0.15, 0.2) is 30.5 Å². The van der Waals surface area contributed by atoms with Gasteiger partial charge in [0.1, 0.15) is 0 Å². The number of aromatic nitrogens is 3. The topological polar surface area (TPSA) is 93.8 Å². The van der Waals surface area contributed by atoms with E-state index in [1.165, 1.54) is 6.20 Å². The maximum Gasteiger partial charge on any atom is 0.422 e. The minimum absolute atomic E-state index is 0.0160. The smallest absolute Gasteiger partial charge is 0.376 e. The van der Waals surface area contributed by atoms with Crippen molar-refractivity contribution < 1.29 is 23.1 Å². The number of para-hydroxylation sites is 1. The minimum atomic E-state index is -5.02. The van der Waals surface area contributed by atoms with E-state index in [9.17, 15) is 23.1 Å². The lowest BCUT2D eigenvalue weighted by atomic mass is 9.85. The predicted octanol–water partition coefficient (Wildman–Crippen LogP) is 2.65. The van der Waals surface area contributed by atoms with E-state index in [4.69, 9.17) is 0 Å². The number of anilines is 1. The third kappa shape index (κ3) is 1.88. The first-order valence-corrected chi connectivity index (χ1v) is 7.05. The van der Waals surface area contributed by atoms with Gasteiger partial charge in [-0.25, -0.2) is 0 Å². The summed E-state index contributed by atoms with van der Waals surface area (Å²) in [6, 6.07) is 7.05. The highest BCUT2D eigenvalue weighted by Gasteiger charge is 2.60. The SMILES string of the molecule is O=C1CC(O)(C(F)(F)F)c2c(n[nH]c2-c2c[nH]c3ccccc23)N1. The Morgan fingerprint density at radius 1 is 1.25 bits per heavy atom. The molecule has 24 heavy (non-hydrogen) atoms. The Morgan fingerprint density at radius 2 is 2.00 bits per heavy atom. The molecule has 1 aromatic carbocycles. The molecule has 0 fully saturated rings. The van der Waals surface area contributed by atoms with Gasteiger partial charge in [-0.2, -0.15) is 18.3 Å². The molecule has 3 aromatic rings. The van der Waals surface area contributed by atoms with Gasteiger partial charge in [0.05, 0.1) is 17.7 Å². The second-order valence-corrected chi connectivity index (χ2v) is 5.65. The fourth-order valence-electron chi connectivity index (χ4n) is 3.05. The van der Waals surface area contributed by atoms with Crippen molar-refractivity contribution in [3.05, 3.63) is 36.0 Å². The molecule has 3 heterocycles. The molecule has 0 spiro atoms. The zero-order chi connectivity index (χ0) is 17.1. The summed E-state index contributed by atoms with van der Waals surface area (Å²) in [7, 11) is 0. The van der Waals surface area contributed by atoms with Gasteiger partial charge in [0.25, 0.3) is 0 Å². The van der Waals surface area contributed by atoms with Crippen LogP contribution in [0.3, 0.4) is 0 Å². The lowest BCUT2D eigenvalue weighted by Crippen LogP contribution is -2.48. The maximum atomic E-state index is 13.5. The number of H-pyrrole nitrogens is 2. The Labute approximate surface area is 132 Å². The number of nitrogens with zero attached hydrogens (tertiary/aromatic N) is 1. The molecule has 124 valence electrons. The average molecular weight is 336 g/mol. The van der Waals surface area contributed by atoms with Crippen molar-refractivity contribution in [3.8, 4) is 11.3 Å². The highest BCUT2D eigenvalue weighted by atomic mass is 19.4. The monoisotopic (exact) mass is 336 g/mol. The van der Waals surface area contributed by atoms with Gasteiger partial charge >= 0.3 is 6.18 Å². The molecule has 1 atom stereocenters. The van der Waals surface area contributed by atoms with Crippen molar-refractivity contribution in [1.29, 1.82) is 0 Å². The Morgan fingerprint density at radius 3 is 2.75 bits per heavy atom. The number of hydrogen-bond acceptors (Lipinski definition) is 3. The van der Waals surface area contributed by atoms with Crippen LogP contribution in [0.5, 0.6) is 0 Å². The Bertz CT molecular complexity index is 959. The molecule has 0 bridgehead atoms. The summed E-state index contributed by atoms with van der Waals surface area (Å²) in [5.74, 6) is -1.26. The largest absolute Gasteiger partial charge is 0.422 e. The van der Waals surface area contributed by atoms with Gasteiger partial charge in [-0.3, -0.25) is 9.89 Å². The number of benzene rings is 1. The first-order valence-electron chi connectivity index (χ1n) is 7.05. The van der Waals surface area contributed by atoms with E-state index in [2.05, 4.69) is 20.5 Å². The van der Waals surface area contributed by atoms with Crippen molar-refractivity contribution in [2.75, 3.05) is 5.32 Å². The van der Waals surface area contributed by atoms with Crippen molar-refractivity contribution in [1.82, 2.24) is 15.2 Å². The number of alkyl halides is 3. The van der Waals surface area contributed by atoms with Crippen LogP contribution >= 0.6 is 0 Å². The molecule has 4 N–H and O–H groups in total. The van der Waals surface area contributed by atoms with Crippen LogP contribution in [0.4, 0.5) is 19.0 Å². The van der Waals surface area contributed by atoms with Crippen LogP contribution in [0.2, 0.25) is 0 Å². The van der Waals surface area contributed by atoms with Crippen molar-refractivity contribution >= 4 is 22.6 Å². The summed E-state index contributed by atoms with van der Waals surface area (Å²) in [5.41, 5.74) is -2.60. The lowest BCUT2D eigenvalue weighted by Gasteiger charge is -2.33. The van der Waals surface area contributed by atoms with Gasteiger partial charge in [-0.15, -0.1) is 0 Å². The van der Waals surface area contributed by atoms with Crippen LogP contribution in [-0.4, -0.2) is 32.4 Å². The van der Waals surface area contributed by atoms with E-state index in [1.807, 2.05) is 0 Å². The number of halogens is 3. The molecule has 6 nitrogen and oxygen atoms in total. The quantitative estimate of drug-likeness (QED) is 0.550. The first kappa shape index (κ1) is 14.8. The number of carbonyl (C=O) groups is 1. The lowest BCUT2D eigenvalue weighted by molar-refractivity contribution is -0.267. The van der Waals surface area contributed by atoms with Crippen LogP contribution in [0.1, 0.15) is 12.0 Å². The second-order valence-electron chi connectivity index (χ2n) is 5.65. The third-order valence-electron chi connectivity index (χ3n) is 4.18. The molecule has 1 aliphatic rings. The van der Waals surface area contributed by atoms with Gasteiger partial charge < -0.3 is 15.4 Å². The number of rotatable bonds is 1. The number of amides is 1. The molecule has 1 unspecified atom stereocenters. The number of carbonyl (C=O) groups excluding carboxylic acids is 1. The van der Waals surface area contributed by atoms with Gasteiger partial charge in [0.2, 0.25) is 5.91 Å². The number of fused-ring (bicyclic) bond motifs is 2. The highest BCUT2D eigenvalue weighted by molar-refractivity contribution is 6.00. The third-order valence-corrected chi connectivity index (χ3v) is 4.18. The van der Waals surface area contributed by atoms with E-state index >= 15 is 0 Å². The molecule has 0 saturated carbocycles. The second kappa shape index (κ2) is 4.60. The van der Waals surface area contributed by atoms with E-state index in [1.54, 1.807) is 24.3 Å². The molecule has 0 radical (unpaired) electrons. The normalized spacial score (nSPS) is 20.9. The zero-order valence-electron chi connectivity index (χ0n) is 12.0. The van der Waals surface area contributed by atoms with Crippen LogP contribution in [0.25, 0.3) is 22.2 Å². The number of aliphatic hydroxyl groups is 1. The average Bonchev–Trinajstić information content (AvgIpc) is 3.09. The number of hydrogen-bond donors (Lipinski definition) is 4. The summed E-state index contributed by atoms with van der Waals surface area (Å²) in [6.45, 7) is 0. The predicted molar refractivity (Wildman–Crippen MR) is 79.1 cm³/mol. The molecule has 2 aromatic heterocycles. The zero-order valence-corrected chi connectivity index (χ0v) is 12.0. The number of nitrogens with one attached hydrogen (secondary N) is 3. The first-order chi connectivity index (χ1) is 11.3. The molecule has 1 aliphatic heterocycles. The fourth-order valence-corrected chi connectivity index (χ4v) is 3.05. The summed E-state index contributed by atoms with van der Waals surface area (Å²) in [4.78, 5) is 14.5. The number of aromatic amines is 2. The van der Waals surface area contributed by atoms with E-state index in [-0.39, 0.29) is 11.5 Å². The molecule has 9 heteroatoms.